The summed E-state index contributed by atoms with van der Waals surface area (Å²) in [5.74, 6) is 0.513. The number of morpholine rings is 1. The highest BCUT2D eigenvalue weighted by atomic mass is 19.1. The number of carbonyl (C=O) groups is 1. The first kappa shape index (κ1) is 30.4. The number of benzene rings is 3. The summed E-state index contributed by atoms with van der Waals surface area (Å²) in [7, 11) is 0. The Morgan fingerprint density at radius 1 is 0.956 bits per heavy atom. The first-order chi connectivity index (χ1) is 22.0. The van der Waals surface area contributed by atoms with Crippen molar-refractivity contribution >= 4 is 22.6 Å². The van der Waals surface area contributed by atoms with Crippen LogP contribution in [0.3, 0.4) is 0 Å². The Morgan fingerprint density at radius 2 is 1.76 bits per heavy atom. The molecule has 3 aromatic carbocycles. The summed E-state index contributed by atoms with van der Waals surface area (Å²) in [5.41, 5.74) is 1.08. The molecule has 2 amide bonds. The summed E-state index contributed by atoms with van der Waals surface area (Å²) in [5, 5.41) is 5.75. The number of anilines is 1. The zero-order chi connectivity index (χ0) is 31.2. The molecule has 6 rings (SSSR count). The van der Waals surface area contributed by atoms with Crippen molar-refractivity contribution < 1.29 is 37.3 Å². The lowest BCUT2D eigenvalue weighted by molar-refractivity contribution is 0.0357. The summed E-state index contributed by atoms with van der Waals surface area (Å²) >= 11 is 0. The van der Waals surface area contributed by atoms with Crippen LogP contribution in [0.5, 0.6) is 28.7 Å². The topological polar surface area (TPSA) is 103 Å². The number of ether oxygens (including phenoxy) is 5. The van der Waals surface area contributed by atoms with Crippen molar-refractivity contribution in [1.82, 2.24) is 15.2 Å². The molecule has 1 saturated heterocycles. The van der Waals surface area contributed by atoms with E-state index in [-0.39, 0.29) is 11.4 Å². The molecule has 2 N–H and O–H groups in total. The first-order valence-electron chi connectivity index (χ1n) is 14.9. The molecule has 45 heavy (non-hydrogen) atoms. The van der Waals surface area contributed by atoms with E-state index in [1.165, 1.54) is 18.2 Å². The maximum absolute atomic E-state index is 15.2. The normalized spacial score (nSPS) is 15.4. The van der Waals surface area contributed by atoms with Crippen LogP contribution in [0.4, 0.5) is 19.3 Å². The SMILES string of the molecule is CC(NC(=O)Nc1ccc(Oc2ccnc3cc(OCCCN4CCOCC4)c4c(c23)OCCO4)c(F)c1)c1ccccc1F. The quantitative estimate of drug-likeness (QED) is 0.206. The van der Waals surface area contributed by atoms with Crippen LogP contribution in [-0.4, -0.2) is 68.6 Å². The molecule has 2 aliphatic rings. The number of hydrogen-bond donors (Lipinski definition) is 2. The summed E-state index contributed by atoms with van der Waals surface area (Å²) in [4.78, 5) is 19.3. The Hall–Kier alpha value is -4.68. The van der Waals surface area contributed by atoms with Gasteiger partial charge in [-0.2, -0.15) is 0 Å². The predicted octanol–water partition coefficient (Wildman–Crippen LogP) is 6.06. The molecule has 4 aromatic rings. The molecular formula is C33H34F2N4O6. The number of rotatable bonds is 10. The van der Waals surface area contributed by atoms with Gasteiger partial charge < -0.3 is 34.3 Å². The molecule has 10 nitrogen and oxygen atoms in total. The van der Waals surface area contributed by atoms with Crippen molar-refractivity contribution in [2.24, 2.45) is 0 Å². The highest BCUT2D eigenvalue weighted by molar-refractivity contribution is 5.95. The van der Waals surface area contributed by atoms with E-state index in [0.717, 1.165) is 45.3 Å². The van der Waals surface area contributed by atoms with Gasteiger partial charge in [0.25, 0.3) is 0 Å². The molecule has 0 radical (unpaired) electrons. The number of hydrogen-bond acceptors (Lipinski definition) is 8. The van der Waals surface area contributed by atoms with E-state index in [0.29, 0.717) is 59.3 Å². The monoisotopic (exact) mass is 620 g/mol. The fourth-order valence-corrected chi connectivity index (χ4v) is 5.31. The molecule has 0 bridgehead atoms. The second-order valence-electron chi connectivity index (χ2n) is 10.7. The van der Waals surface area contributed by atoms with Crippen molar-refractivity contribution in [3.63, 3.8) is 0 Å². The first-order valence-corrected chi connectivity index (χ1v) is 14.9. The number of fused-ring (bicyclic) bond motifs is 3. The average molecular weight is 621 g/mol. The van der Waals surface area contributed by atoms with Gasteiger partial charge in [0, 0.05) is 49.2 Å². The standard InChI is InChI=1S/C33H34F2N4O6/c1-21(23-5-2-3-6-24(23)34)37-33(40)38-22-7-8-27(25(35)19-22)45-28-9-10-36-26-20-29(31-32(30(26)28)44-18-17-43-31)42-14-4-11-39-12-15-41-16-13-39/h2-3,5-10,19-21H,4,11-18H2,1H3,(H2,37,38,40). The van der Waals surface area contributed by atoms with Crippen LogP contribution in [-0.2, 0) is 4.74 Å². The van der Waals surface area contributed by atoms with Crippen molar-refractivity contribution in [1.29, 1.82) is 0 Å². The number of urea groups is 1. The third kappa shape index (κ3) is 7.18. The second-order valence-corrected chi connectivity index (χ2v) is 10.7. The van der Waals surface area contributed by atoms with Crippen LogP contribution in [0.2, 0.25) is 0 Å². The average Bonchev–Trinajstić information content (AvgIpc) is 3.05. The Morgan fingerprint density at radius 3 is 2.56 bits per heavy atom. The molecule has 0 saturated carbocycles. The summed E-state index contributed by atoms with van der Waals surface area (Å²) in [6.07, 6.45) is 2.39. The van der Waals surface area contributed by atoms with E-state index in [1.807, 2.05) is 0 Å². The Bertz CT molecular complexity index is 1670. The fraction of sp³-hybridized carbons (Fsp3) is 0.333. The van der Waals surface area contributed by atoms with E-state index in [4.69, 9.17) is 23.7 Å². The highest BCUT2D eigenvalue weighted by Crippen LogP contribution is 2.48. The van der Waals surface area contributed by atoms with E-state index in [1.54, 1.807) is 43.5 Å². The van der Waals surface area contributed by atoms with Crippen molar-refractivity contribution in [2.75, 3.05) is 58.0 Å². The van der Waals surface area contributed by atoms with Crippen LogP contribution in [0.25, 0.3) is 10.9 Å². The molecule has 1 unspecified atom stereocenters. The molecule has 1 fully saturated rings. The number of carbonyl (C=O) groups excluding carboxylic acids is 1. The maximum Gasteiger partial charge on any atom is 0.319 e. The largest absolute Gasteiger partial charge is 0.489 e. The zero-order valence-corrected chi connectivity index (χ0v) is 24.8. The smallest absolute Gasteiger partial charge is 0.319 e. The number of nitrogens with zero attached hydrogens (tertiary/aromatic N) is 2. The van der Waals surface area contributed by atoms with Gasteiger partial charge in [-0.1, -0.05) is 18.2 Å². The molecule has 1 aromatic heterocycles. The highest BCUT2D eigenvalue weighted by Gasteiger charge is 2.25. The van der Waals surface area contributed by atoms with E-state index in [2.05, 4.69) is 20.5 Å². The van der Waals surface area contributed by atoms with Crippen LogP contribution in [0, 0.1) is 11.6 Å². The summed E-state index contributed by atoms with van der Waals surface area (Å²) in [6.45, 7) is 7.06. The zero-order valence-electron chi connectivity index (χ0n) is 24.8. The lowest BCUT2D eigenvalue weighted by atomic mass is 10.1. The van der Waals surface area contributed by atoms with E-state index in [9.17, 15) is 9.18 Å². The molecule has 1 atom stereocenters. The Kier molecular flexibility index (Phi) is 9.41. The van der Waals surface area contributed by atoms with Gasteiger partial charge in [-0.05, 0) is 37.6 Å². The number of aromatic nitrogens is 1. The van der Waals surface area contributed by atoms with E-state index < -0.39 is 23.7 Å². The molecule has 0 aliphatic carbocycles. The van der Waals surface area contributed by atoms with Gasteiger partial charge in [0.1, 0.15) is 24.8 Å². The minimum absolute atomic E-state index is 0.0675. The molecule has 0 spiro atoms. The number of halogens is 2. The van der Waals surface area contributed by atoms with Crippen molar-refractivity contribution in [2.45, 2.75) is 19.4 Å². The Labute approximate surface area is 259 Å². The van der Waals surface area contributed by atoms with Crippen molar-refractivity contribution in [3.05, 3.63) is 78.0 Å². The van der Waals surface area contributed by atoms with Crippen LogP contribution in [0.1, 0.15) is 24.9 Å². The van der Waals surface area contributed by atoms with Gasteiger partial charge in [-0.25, -0.2) is 13.6 Å². The van der Waals surface area contributed by atoms with Gasteiger partial charge in [-0.15, -0.1) is 0 Å². The maximum atomic E-state index is 15.2. The van der Waals surface area contributed by atoms with Crippen LogP contribution in [0.15, 0.2) is 60.8 Å². The van der Waals surface area contributed by atoms with E-state index >= 15 is 4.39 Å². The predicted molar refractivity (Wildman–Crippen MR) is 164 cm³/mol. The van der Waals surface area contributed by atoms with Crippen LogP contribution < -0.4 is 29.6 Å². The minimum Gasteiger partial charge on any atom is -0.489 e. The summed E-state index contributed by atoms with van der Waals surface area (Å²) in [6, 6.07) is 12.4. The number of nitrogens with one attached hydrogen (secondary N) is 2. The summed E-state index contributed by atoms with van der Waals surface area (Å²) < 4.78 is 58.8. The minimum atomic E-state index is -0.703. The molecule has 3 heterocycles. The molecule has 2 aliphatic heterocycles. The van der Waals surface area contributed by atoms with Gasteiger partial charge in [-0.3, -0.25) is 9.88 Å². The number of amides is 2. The van der Waals surface area contributed by atoms with Gasteiger partial charge >= 0.3 is 6.03 Å². The third-order valence-electron chi connectivity index (χ3n) is 7.55. The second kappa shape index (κ2) is 14.0. The molecule has 236 valence electrons. The fourth-order valence-electron chi connectivity index (χ4n) is 5.31. The van der Waals surface area contributed by atoms with Gasteiger partial charge in [0.2, 0.25) is 5.75 Å². The van der Waals surface area contributed by atoms with Crippen molar-refractivity contribution in [3.8, 4) is 28.7 Å². The van der Waals surface area contributed by atoms with Gasteiger partial charge in [0.05, 0.1) is 36.8 Å². The lowest BCUT2D eigenvalue weighted by Crippen LogP contribution is -2.37. The molecule has 12 heteroatoms. The lowest BCUT2D eigenvalue weighted by Gasteiger charge is -2.26. The van der Waals surface area contributed by atoms with Gasteiger partial charge in [0.15, 0.2) is 23.1 Å². The Balaban J connectivity index is 1.15. The van der Waals surface area contributed by atoms with Crippen LogP contribution >= 0.6 is 0 Å². The third-order valence-corrected chi connectivity index (χ3v) is 7.55. The molecular weight excluding hydrogens is 586 g/mol. The number of pyridine rings is 1.